The van der Waals surface area contributed by atoms with Crippen LogP contribution in [0.5, 0.6) is 0 Å². The highest BCUT2D eigenvalue weighted by atomic mass is 16.4. The topological polar surface area (TPSA) is 133 Å². The van der Waals surface area contributed by atoms with E-state index in [1.807, 2.05) is 24.3 Å². The SMILES string of the molecule is O=C(CN1N=C(C2CCCCC2)c2ccccc2N(CC(=O)C2CCCC2)C1=O)Nc1cccc(-c2ccc(C(=O)O)o2)c1. The summed E-state index contributed by atoms with van der Waals surface area (Å²) in [4.78, 5) is 53.6. The number of fused-ring (bicyclic) bond motifs is 1. The lowest BCUT2D eigenvalue weighted by Gasteiger charge is -2.26. The van der Waals surface area contributed by atoms with E-state index in [2.05, 4.69) is 5.32 Å². The van der Waals surface area contributed by atoms with Crippen molar-refractivity contribution in [3.8, 4) is 11.3 Å². The first-order valence-corrected chi connectivity index (χ1v) is 15.4. The van der Waals surface area contributed by atoms with Crippen LogP contribution in [0.3, 0.4) is 0 Å². The third-order valence-electron chi connectivity index (χ3n) is 8.81. The first-order valence-electron chi connectivity index (χ1n) is 15.4. The summed E-state index contributed by atoms with van der Waals surface area (Å²) in [7, 11) is 0. The van der Waals surface area contributed by atoms with E-state index in [0.717, 1.165) is 69.1 Å². The van der Waals surface area contributed by atoms with Gasteiger partial charge in [-0.1, -0.05) is 62.4 Å². The highest BCUT2D eigenvalue weighted by Crippen LogP contribution is 2.35. The maximum Gasteiger partial charge on any atom is 0.371 e. The van der Waals surface area contributed by atoms with Crippen LogP contribution in [0.2, 0.25) is 0 Å². The number of carboxylic acid groups (broad SMARTS) is 1. The van der Waals surface area contributed by atoms with Crippen LogP contribution in [0.25, 0.3) is 11.3 Å². The molecule has 3 aromatic rings. The summed E-state index contributed by atoms with van der Waals surface area (Å²) < 4.78 is 5.41. The van der Waals surface area contributed by atoms with Crippen molar-refractivity contribution in [1.29, 1.82) is 0 Å². The Labute approximate surface area is 255 Å². The highest BCUT2D eigenvalue weighted by molar-refractivity contribution is 6.13. The van der Waals surface area contributed by atoms with Gasteiger partial charge in [-0.15, -0.1) is 0 Å². The van der Waals surface area contributed by atoms with Gasteiger partial charge in [-0.2, -0.15) is 5.10 Å². The number of hydrazone groups is 1. The Kier molecular flexibility index (Phi) is 8.58. The van der Waals surface area contributed by atoms with Gasteiger partial charge in [0.25, 0.3) is 0 Å². The predicted octanol–water partition coefficient (Wildman–Crippen LogP) is 6.57. The molecule has 3 aliphatic rings. The lowest BCUT2D eigenvalue weighted by atomic mass is 9.83. The number of urea groups is 1. The van der Waals surface area contributed by atoms with E-state index in [-0.39, 0.29) is 36.5 Å². The van der Waals surface area contributed by atoms with Gasteiger partial charge in [-0.25, -0.2) is 14.6 Å². The fourth-order valence-corrected chi connectivity index (χ4v) is 6.56. The molecular weight excluding hydrogens is 560 g/mol. The number of hydrogen-bond donors (Lipinski definition) is 2. The number of nitrogens with one attached hydrogen (secondary N) is 1. The zero-order chi connectivity index (χ0) is 30.6. The van der Waals surface area contributed by atoms with Gasteiger partial charge in [-0.05, 0) is 56.0 Å². The van der Waals surface area contributed by atoms with Gasteiger partial charge in [0.1, 0.15) is 12.3 Å². The maximum atomic E-state index is 14.1. The van der Waals surface area contributed by atoms with Gasteiger partial charge >= 0.3 is 12.0 Å². The number of para-hydroxylation sites is 1. The molecule has 2 N–H and O–H groups in total. The Balaban J connectivity index is 1.27. The average molecular weight is 597 g/mol. The van der Waals surface area contributed by atoms with Crippen LogP contribution >= 0.6 is 0 Å². The molecule has 0 radical (unpaired) electrons. The van der Waals surface area contributed by atoms with Crippen molar-refractivity contribution in [2.45, 2.75) is 57.8 Å². The van der Waals surface area contributed by atoms with E-state index in [1.54, 1.807) is 30.3 Å². The maximum absolute atomic E-state index is 14.1. The zero-order valence-electron chi connectivity index (χ0n) is 24.5. The molecule has 10 nitrogen and oxygen atoms in total. The number of carboxylic acids is 1. The number of furan rings is 1. The molecule has 6 rings (SSSR count). The third-order valence-corrected chi connectivity index (χ3v) is 8.81. The Morgan fingerprint density at radius 1 is 0.886 bits per heavy atom. The van der Waals surface area contributed by atoms with E-state index in [4.69, 9.17) is 9.52 Å². The third kappa shape index (κ3) is 6.29. The quantitative estimate of drug-likeness (QED) is 0.287. The van der Waals surface area contributed by atoms with Gasteiger partial charge in [-0.3, -0.25) is 14.5 Å². The number of amides is 3. The van der Waals surface area contributed by atoms with Crippen molar-refractivity contribution < 1.29 is 28.7 Å². The highest BCUT2D eigenvalue weighted by Gasteiger charge is 2.36. The molecule has 0 atom stereocenters. The fraction of sp³-hybridized carbons (Fsp3) is 0.382. The smallest absolute Gasteiger partial charge is 0.371 e. The van der Waals surface area contributed by atoms with Crippen LogP contribution in [-0.2, 0) is 9.59 Å². The Hall–Kier alpha value is -4.73. The number of benzene rings is 2. The Morgan fingerprint density at radius 3 is 2.39 bits per heavy atom. The minimum absolute atomic E-state index is 0.0389. The largest absolute Gasteiger partial charge is 0.475 e. The van der Waals surface area contributed by atoms with Crippen LogP contribution in [0.4, 0.5) is 16.2 Å². The number of aromatic carboxylic acids is 1. The lowest BCUT2D eigenvalue weighted by molar-refractivity contribution is -0.121. The molecule has 0 saturated heterocycles. The van der Waals surface area contributed by atoms with E-state index < -0.39 is 17.9 Å². The van der Waals surface area contributed by atoms with Crippen LogP contribution in [0.1, 0.15) is 73.9 Å². The molecule has 3 amide bonds. The number of nitrogens with zero attached hydrogens (tertiary/aromatic N) is 3. The van der Waals surface area contributed by atoms with E-state index >= 15 is 0 Å². The number of rotatable bonds is 9. The second kappa shape index (κ2) is 12.9. The minimum Gasteiger partial charge on any atom is -0.475 e. The van der Waals surface area contributed by atoms with E-state index in [1.165, 1.54) is 16.0 Å². The van der Waals surface area contributed by atoms with Crippen molar-refractivity contribution in [3.63, 3.8) is 0 Å². The molecule has 2 aliphatic carbocycles. The number of Topliss-reactive ketones (excluding diaryl/α,β-unsaturated/α-hetero) is 1. The predicted molar refractivity (Wildman–Crippen MR) is 166 cm³/mol. The Morgan fingerprint density at radius 2 is 1.64 bits per heavy atom. The van der Waals surface area contributed by atoms with Gasteiger partial charge in [0.05, 0.1) is 17.9 Å². The second-order valence-corrected chi connectivity index (χ2v) is 11.8. The summed E-state index contributed by atoms with van der Waals surface area (Å²) in [5.74, 6) is -1.33. The van der Waals surface area contributed by atoms with Gasteiger partial charge < -0.3 is 14.8 Å². The summed E-state index contributed by atoms with van der Waals surface area (Å²) >= 11 is 0. The minimum atomic E-state index is -1.17. The standard InChI is InChI=1S/C34H36N4O6/c39-28(22-9-4-5-10-22)20-37-27-16-7-6-15-26(27)32(23-11-2-1-3-12-23)36-38(34(37)43)21-31(40)35-25-14-8-13-24(19-25)29-17-18-30(44-29)33(41)42/h6-8,13-19,22-23H,1-5,9-12,20-21H2,(H,35,40)(H,41,42). The van der Waals surface area contributed by atoms with Gasteiger partial charge in [0.15, 0.2) is 5.78 Å². The normalized spacial score (nSPS) is 17.6. The first-order chi connectivity index (χ1) is 21.4. The number of carbonyl (C=O) groups is 4. The zero-order valence-corrected chi connectivity index (χ0v) is 24.5. The lowest BCUT2D eigenvalue weighted by Crippen LogP contribution is -2.46. The first kappa shape index (κ1) is 29.3. The monoisotopic (exact) mass is 596 g/mol. The molecule has 2 saturated carbocycles. The van der Waals surface area contributed by atoms with E-state index in [0.29, 0.717) is 22.7 Å². The number of ketones is 1. The van der Waals surface area contributed by atoms with Crippen molar-refractivity contribution in [2.75, 3.05) is 23.3 Å². The molecule has 228 valence electrons. The summed E-state index contributed by atoms with van der Waals surface area (Å²) in [6.07, 6.45) is 8.92. The molecule has 10 heteroatoms. The van der Waals surface area contributed by atoms with Crippen molar-refractivity contribution >= 4 is 40.8 Å². The average Bonchev–Trinajstić information content (AvgIpc) is 3.74. The molecule has 0 unspecified atom stereocenters. The fourth-order valence-electron chi connectivity index (χ4n) is 6.56. The molecule has 2 fully saturated rings. The van der Waals surface area contributed by atoms with Crippen molar-refractivity contribution in [1.82, 2.24) is 5.01 Å². The molecule has 2 aromatic carbocycles. The van der Waals surface area contributed by atoms with Crippen molar-refractivity contribution in [2.24, 2.45) is 16.9 Å². The van der Waals surface area contributed by atoms with Gasteiger partial charge in [0, 0.05) is 28.7 Å². The number of hydrogen-bond acceptors (Lipinski definition) is 6. The summed E-state index contributed by atoms with van der Waals surface area (Å²) in [6, 6.07) is 16.9. The molecule has 1 aromatic heterocycles. The molecular formula is C34H36N4O6. The summed E-state index contributed by atoms with van der Waals surface area (Å²) in [5.41, 5.74) is 3.32. The molecule has 0 spiro atoms. The molecule has 1 aliphatic heterocycles. The Bertz CT molecular complexity index is 1600. The molecule has 0 bridgehead atoms. The van der Waals surface area contributed by atoms with Crippen LogP contribution in [0, 0.1) is 11.8 Å². The summed E-state index contributed by atoms with van der Waals surface area (Å²) in [6.45, 7) is -0.402. The van der Waals surface area contributed by atoms with E-state index in [9.17, 15) is 24.3 Å². The number of carbonyl (C=O) groups excluding carboxylic acids is 3. The van der Waals surface area contributed by atoms with Crippen LogP contribution in [0.15, 0.2) is 70.2 Å². The van der Waals surface area contributed by atoms with Crippen molar-refractivity contribution in [3.05, 3.63) is 72.0 Å². The number of anilines is 2. The molecule has 44 heavy (non-hydrogen) atoms. The van der Waals surface area contributed by atoms with Crippen LogP contribution < -0.4 is 10.2 Å². The van der Waals surface area contributed by atoms with Gasteiger partial charge in [0.2, 0.25) is 11.7 Å². The van der Waals surface area contributed by atoms with Crippen LogP contribution in [-0.4, -0.2) is 52.6 Å². The molecule has 2 heterocycles. The second-order valence-electron chi connectivity index (χ2n) is 11.8. The summed E-state index contributed by atoms with van der Waals surface area (Å²) in [5, 5.41) is 18.1.